The summed E-state index contributed by atoms with van der Waals surface area (Å²) in [6.07, 6.45) is 8.72. The Morgan fingerprint density at radius 2 is 1.64 bits per heavy atom. The van der Waals surface area contributed by atoms with Crippen LogP contribution in [-0.4, -0.2) is 28.7 Å². The van der Waals surface area contributed by atoms with Gasteiger partial charge in [-0.2, -0.15) is 0 Å². The number of aromatic nitrogens is 1. The molecule has 0 saturated heterocycles. The molecule has 1 atom stereocenters. The number of rotatable bonds is 3. The van der Waals surface area contributed by atoms with E-state index in [-0.39, 0.29) is 35.4 Å². The fourth-order valence-corrected chi connectivity index (χ4v) is 6.16. The molecular formula is C33H29N3O3. The van der Waals surface area contributed by atoms with Crippen LogP contribution in [-0.2, 0) is 19.4 Å². The van der Waals surface area contributed by atoms with Crippen LogP contribution in [0.4, 0.5) is 0 Å². The van der Waals surface area contributed by atoms with Crippen molar-refractivity contribution in [2.45, 2.75) is 31.9 Å². The van der Waals surface area contributed by atoms with Gasteiger partial charge in [0.05, 0.1) is 6.04 Å². The summed E-state index contributed by atoms with van der Waals surface area (Å²) in [5, 5.41) is 2.23. The Hall–Kier alpha value is -4.58. The first-order valence-corrected chi connectivity index (χ1v) is 13.5. The predicted molar refractivity (Wildman–Crippen MR) is 151 cm³/mol. The average Bonchev–Trinajstić information content (AvgIpc) is 3.14. The summed E-state index contributed by atoms with van der Waals surface area (Å²) < 4.78 is 8.01. The van der Waals surface area contributed by atoms with Gasteiger partial charge >= 0.3 is 0 Å². The number of hydrogen-bond donors (Lipinski definition) is 0. The van der Waals surface area contributed by atoms with Crippen molar-refractivity contribution in [3.8, 4) is 5.75 Å². The average molecular weight is 516 g/mol. The lowest BCUT2D eigenvalue weighted by atomic mass is 9.89. The summed E-state index contributed by atoms with van der Waals surface area (Å²) >= 11 is 0. The zero-order chi connectivity index (χ0) is 26.3. The van der Waals surface area contributed by atoms with Gasteiger partial charge in [-0.3, -0.25) is 19.3 Å². The lowest BCUT2D eigenvalue weighted by Gasteiger charge is -2.45. The van der Waals surface area contributed by atoms with Crippen LogP contribution in [0, 0.1) is 0 Å². The first kappa shape index (κ1) is 23.5. The third-order valence-corrected chi connectivity index (χ3v) is 8.02. The summed E-state index contributed by atoms with van der Waals surface area (Å²) in [5.41, 5.74) is 7.23. The fourth-order valence-electron chi connectivity index (χ4n) is 6.16. The number of amides is 1. The second kappa shape index (κ2) is 9.62. The van der Waals surface area contributed by atoms with Crippen LogP contribution in [0.2, 0.25) is 0 Å². The van der Waals surface area contributed by atoms with Crippen LogP contribution in [0.15, 0.2) is 95.9 Å². The van der Waals surface area contributed by atoms with Crippen molar-refractivity contribution in [1.82, 2.24) is 9.58 Å². The molecule has 3 aliphatic rings. The van der Waals surface area contributed by atoms with Crippen LogP contribution in [0.25, 0.3) is 6.08 Å². The molecule has 1 aliphatic carbocycles. The normalized spacial score (nSPS) is 18.4. The Morgan fingerprint density at radius 3 is 2.54 bits per heavy atom. The molecule has 0 spiro atoms. The molecule has 2 bridgehead atoms. The molecule has 0 unspecified atom stereocenters. The number of hydrogen-bond acceptors (Lipinski definition) is 4. The minimum atomic E-state index is -0.290. The van der Waals surface area contributed by atoms with Crippen molar-refractivity contribution in [2.24, 2.45) is 0 Å². The number of benzene rings is 3. The number of aryl methyl sites for hydroxylation is 2. The molecule has 4 aromatic rings. The predicted octanol–water partition coefficient (Wildman–Crippen LogP) is 5.08. The van der Waals surface area contributed by atoms with Gasteiger partial charge in [0, 0.05) is 18.8 Å². The Balaban J connectivity index is 1.45. The maximum atomic E-state index is 13.9. The lowest BCUT2D eigenvalue weighted by molar-refractivity contribution is 0.0679. The molecule has 7 rings (SSSR count). The van der Waals surface area contributed by atoms with Crippen LogP contribution < -0.4 is 15.2 Å². The van der Waals surface area contributed by atoms with Gasteiger partial charge in [-0.05, 0) is 52.6 Å². The topological polar surface area (TPSA) is 54.8 Å². The van der Waals surface area contributed by atoms with E-state index in [1.165, 1.54) is 33.9 Å². The Morgan fingerprint density at radius 1 is 0.846 bits per heavy atom. The van der Waals surface area contributed by atoms with Crippen LogP contribution in [0.1, 0.15) is 56.3 Å². The largest absolute Gasteiger partial charge is 0.482 e. The molecule has 1 amide bonds. The van der Waals surface area contributed by atoms with E-state index in [1.54, 1.807) is 6.20 Å². The fraction of sp³-hybridized carbons (Fsp3) is 0.212. The first-order chi connectivity index (χ1) is 19.2. The Kier molecular flexibility index (Phi) is 5.81. The molecule has 0 fully saturated rings. The Labute approximate surface area is 227 Å². The third-order valence-electron chi connectivity index (χ3n) is 8.02. The molecule has 0 saturated carbocycles. The van der Waals surface area contributed by atoms with Crippen molar-refractivity contribution < 1.29 is 9.53 Å². The molecular weight excluding hydrogens is 486 g/mol. The molecule has 6 heteroatoms. The summed E-state index contributed by atoms with van der Waals surface area (Å²) in [5.74, 6) is -0.0829. The second-order valence-electron chi connectivity index (χ2n) is 10.3. The van der Waals surface area contributed by atoms with Crippen LogP contribution in [0.3, 0.4) is 0 Å². The standard InChI is InChI=1S/C33H29N3O3/c37-28-18-20-35-31(32(28)39-21-23-9-2-1-3-10-23)33(38)34-19-7-6-12-25-13-8-14-26-17-16-24-11-4-5-15-27(24)30(29(25)26)36(35)22-34/h1-6,8-15,18,20,30H,7,16-17,19,21-22H2/b12-6-/t30-/m0/s1. The van der Waals surface area contributed by atoms with Crippen molar-refractivity contribution in [1.29, 1.82) is 0 Å². The van der Waals surface area contributed by atoms with Gasteiger partial charge in [0.2, 0.25) is 5.43 Å². The maximum Gasteiger partial charge on any atom is 0.277 e. The highest BCUT2D eigenvalue weighted by molar-refractivity contribution is 5.96. The highest BCUT2D eigenvalue weighted by Crippen LogP contribution is 2.40. The number of carbonyl (C=O) groups excluding carboxylic acids is 1. The molecule has 0 radical (unpaired) electrons. The van der Waals surface area contributed by atoms with Gasteiger partial charge < -0.3 is 9.64 Å². The summed E-state index contributed by atoms with van der Waals surface area (Å²) in [6, 6.07) is 26.3. The van der Waals surface area contributed by atoms with E-state index in [1.807, 2.05) is 39.9 Å². The maximum absolute atomic E-state index is 13.9. The number of pyridine rings is 1. The van der Waals surface area contributed by atoms with E-state index < -0.39 is 0 Å². The number of ether oxygens (including phenoxy) is 1. The van der Waals surface area contributed by atoms with Crippen molar-refractivity contribution in [3.63, 3.8) is 0 Å². The second-order valence-corrected chi connectivity index (χ2v) is 10.3. The van der Waals surface area contributed by atoms with Crippen molar-refractivity contribution in [3.05, 3.63) is 140 Å². The van der Waals surface area contributed by atoms with Gasteiger partial charge in [0.25, 0.3) is 5.91 Å². The highest BCUT2D eigenvalue weighted by atomic mass is 16.5. The molecule has 39 heavy (non-hydrogen) atoms. The molecule has 3 aromatic carbocycles. The van der Waals surface area contributed by atoms with Crippen molar-refractivity contribution >= 4 is 12.0 Å². The van der Waals surface area contributed by atoms with Gasteiger partial charge in [0.15, 0.2) is 11.4 Å². The number of nitrogens with zero attached hydrogens (tertiary/aromatic N) is 3. The van der Waals surface area contributed by atoms with Gasteiger partial charge in [0.1, 0.15) is 13.3 Å². The zero-order valence-corrected chi connectivity index (χ0v) is 21.6. The quantitative estimate of drug-likeness (QED) is 0.382. The third kappa shape index (κ3) is 4.04. The minimum absolute atomic E-state index is 0.101. The van der Waals surface area contributed by atoms with Crippen molar-refractivity contribution in [2.75, 3.05) is 18.2 Å². The summed E-state index contributed by atoms with van der Waals surface area (Å²) in [6.45, 7) is 1.17. The zero-order valence-electron chi connectivity index (χ0n) is 21.6. The Bertz CT molecular complexity index is 1660. The van der Waals surface area contributed by atoms with Gasteiger partial charge in [-0.15, -0.1) is 0 Å². The van der Waals surface area contributed by atoms with Crippen LogP contribution >= 0.6 is 0 Å². The molecule has 2 aliphatic heterocycles. The first-order valence-electron chi connectivity index (χ1n) is 13.5. The monoisotopic (exact) mass is 515 g/mol. The number of carbonyl (C=O) groups is 1. The number of fused-ring (bicyclic) bond motifs is 7. The smallest absolute Gasteiger partial charge is 0.277 e. The van der Waals surface area contributed by atoms with E-state index in [0.29, 0.717) is 13.2 Å². The summed E-state index contributed by atoms with van der Waals surface area (Å²) in [4.78, 5) is 29.0. The van der Waals surface area contributed by atoms with Gasteiger partial charge in [-0.25, -0.2) is 0 Å². The molecule has 6 nitrogen and oxygen atoms in total. The van der Waals surface area contributed by atoms with E-state index in [9.17, 15) is 9.59 Å². The lowest BCUT2D eigenvalue weighted by Crippen LogP contribution is -2.56. The highest BCUT2D eigenvalue weighted by Gasteiger charge is 2.39. The minimum Gasteiger partial charge on any atom is -0.482 e. The molecule has 194 valence electrons. The molecule has 1 aromatic heterocycles. The molecule has 0 N–H and O–H groups in total. The van der Waals surface area contributed by atoms with E-state index in [0.717, 1.165) is 24.8 Å². The van der Waals surface area contributed by atoms with Gasteiger partial charge in [-0.1, -0.05) is 84.9 Å². The van der Waals surface area contributed by atoms with E-state index in [4.69, 9.17) is 4.74 Å². The van der Waals surface area contributed by atoms with E-state index >= 15 is 0 Å². The van der Waals surface area contributed by atoms with Crippen LogP contribution in [0.5, 0.6) is 5.75 Å². The molecule has 3 heterocycles. The van der Waals surface area contributed by atoms with E-state index in [2.05, 4.69) is 59.6 Å². The summed E-state index contributed by atoms with van der Waals surface area (Å²) in [7, 11) is 0. The SMILES string of the molecule is O=C1c2c(OCc3ccccc3)c(=O)ccn2N2CN1CC/C=C\c1cccc3c1[C@@H]2c1ccccc1CC3.